The molecule has 3 aromatic rings. The Bertz CT molecular complexity index is 1290. The van der Waals surface area contributed by atoms with Gasteiger partial charge in [-0.05, 0) is 35.4 Å². The van der Waals surface area contributed by atoms with Gasteiger partial charge in [0.1, 0.15) is 18.4 Å². The summed E-state index contributed by atoms with van der Waals surface area (Å²) in [5.74, 6) is -1.41. The van der Waals surface area contributed by atoms with E-state index in [9.17, 15) is 22.4 Å². The molecule has 1 unspecified atom stereocenters. The first kappa shape index (κ1) is 27.8. The normalized spacial score (nSPS) is 12.1. The van der Waals surface area contributed by atoms with Crippen molar-refractivity contribution in [2.45, 2.75) is 19.0 Å². The summed E-state index contributed by atoms with van der Waals surface area (Å²) in [7, 11) is 0.207. The van der Waals surface area contributed by atoms with Gasteiger partial charge in [-0.2, -0.15) is 12.7 Å². The fourth-order valence-electron chi connectivity index (χ4n) is 3.82. The monoisotopic (exact) mass is 526 g/mol. The third kappa shape index (κ3) is 7.14. The minimum Gasteiger partial charge on any atom is -0.357 e. The number of hydrogen-bond acceptors (Lipinski definition) is 4. The number of nitrogens with one attached hydrogen (secondary N) is 1. The molecule has 8 nitrogen and oxygen atoms in total. The van der Waals surface area contributed by atoms with Crippen LogP contribution in [0.4, 0.5) is 10.1 Å². The average Bonchev–Trinajstić information content (AvgIpc) is 2.90. The lowest BCUT2D eigenvalue weighted by molar-refractivity contribution is -0.139. The second-order valence-corrected chi connectivity index (χ2v) is 10.7. The van der Waals surface area contributed by atoms with Crippen molar-refractivity contribution in [2.75, 3.05) is 32.0 Å². The van der Waals surface area contributed by atoms with E-state index in [1.165, 1.54) is 50.3 Å². The molecule has 2 amide bonds. The number of likely N-dealkylation sites (N-methyl/N-ethyl adjacent to an activating group) is 1. The molecule has 0 fully saturated rings. The zero-order chi connectivity index (χ0) is 27.0. The molecule has 0 aliphatic heterocycles. The van der Waals surface area contributed by atoms with E-state index >= 15 is 0 Å². The number of halogens is 1. The molecule has 0 saturated heterocycles. The van der Waals surface area contributed by atoms with Gasteiger partial charge >= 0.3 is 10.2 Å². The van der Waals surface area contributed by atoms with Crippen LogP contribution in [-0.2, 0) is 32.8 Å². The Labute approximate surface area is 217 Å². The van der Waals surface area contributed by atoms with Gasteiger partial charge in [-0.3, -0.25) is 9.59 Å². The number of anilines is 1. The van der Waals surface area contributed by atoms with E-state index in [-0.39, 0.29) is 13.0 Å². The van der Waals surface area contributed by atoms with Crippen molar-refractivity contribution < 1.29 is 22.4 Å². The molecule has 0 bridgehead atoms. The lowest BCUT2D eigenvalue weighted by Gasteiger charge is -2.34. The third-order valence-corrected chi connectivity index (χ3v) is 7.67. The first-order chi connectivity index (χ1) is 17.6. The molecule has 0 aliphatic rings. The summed E-state index contributed by atoms with van der Waals surface area (Å²) in [6.45, 7) is -0.553. The third-order valence-electron chi connectivity index (χ3n) is 5.85. The average molecular weight is 527 g/mol. The second-order valence-electron chi connectivity index (χ2n) is 8.60. The van der Waals surface area contributed by atoms with Gasteiger partial charge in [-0.15, -0.1) is 0 Å². The molecule has 1 N–H and O–H groups in total. The molecule has 0 radical (unpaired) electrons. The van der Waals surface area contributed by atoms with Crippen LogP contribution in [0.25, 0.3) is 0 Å². The molecule has 0 heterocycles. The molecule has 3 rings (SSSR count). The summed E-state index contributed by atoms with van der Waals surface area (Å²) in [6, 6.07) is 22.2. The van der Waals surface area contributed by atoms with Crippen LogP contribution < -0.4 is 9.62 Å². The fraction of sp³-hybridized carbons (Fsp3) is 0.259. The van der Waals surface area contributed by atoms with Gasteiger partial charge in [0, 0.05) is 34.1 Å². The van der Waals surface area contributed by atoms with E-state index < -0.39 is 40.4 Å². The zero-order valence-corrected chi connectivity index (χ0v) is 21.9. The maximum absolute atomic E-state index is 13.9. The van der Waals surface area contributed by atoms with Crippen LogP contribution in [0.1, 0.15) is 11.1 Å². The summed E-state index contributed by atoms with van der Waals surface area (Å²) in [4.78, 5) is 28.3. The van der Waals surface area contributed by atoms with E-state index in [2.05, 4.69) is 5.32 Å². The van der Waals surface area contributed by atoms with E-state index in [1.807, 2.05) is 30.3 Å². The highest BCUT2D eigenvalue weighted by atomic mass is 32.2. The molecule has 10 heteroatoms. The summed E-state index contributed by atoms with van der Waals surface area (Å²) in [5, 5.41) is 2.62. The number of amides is 2. The Balaban J connectivity index is 2.04. The van der Waals surface area contributed by atoms with Gasteiger partial charge in [-0.1, -0.05) is 60.7 Å². The first-order valence-electron chi connectivity index (χ1n) is 11.7. The van der Waals surface area contributed by atoms with E-state index in [0.29, 0.717) is 11.3 Å². The summed E-state index contributed by atoms with van der Waals surface area (Å²) >= 11 is 0. The van der Waals surface area contributed by atoms with Gasteiger partial charge in [0.15, 0.2) is 0 Å². The molecule has 3 aromatic carbocycles. The number of benzene rings is 3. The number of carbonyl (C=O) groups excluding carboxylic acids is 2. The Morgan fingerprint density at radius 1 is 0.865 bits per heavy atom. The lowest BCUT2D eigenvalue weighted by atomic mass is 10.0. The standard InChI is InChI=1S/C27H31FN4O4S/c1-29-27(34)25(18-21-10-6-4-7-11-21)31(19-22-14-16-23(28)17-15-22)26(33)20-32(37(35,36)30(2)3)24-12-8-5-9-13-24/h4-17,25H,18-20H2,1-3H3,(H,29,34). The number of rotatable bonds is 11. The second kappa shape index (κ2) is 12.5. The lowest BCUT2D eigenvalue weighted by Crippen LogP contribution is -2.53. The maximum atomic E-state index is 13.9. The van der Waals surface area contributed by atoms with Crippen molar-refractivity contribution >= 4 is 27.7 Å². The quantitative estimate of drug-likeness (QED) is 0.416. The SMILES string of the molecule is CNC(=O)C(Cc1ccccc1)N(Cc1ccc(F)cc1)C(=O)CN(c1ccccc1)S(=O)(=O)N(C)C. The van der Waals surface area contributed by atoms with Crippen LogP contribution >= 0.6 is 0 Å². The minimum absolute atomic E-state index is 0.0192. The van der Waals surface area contributed by atoms with Crippen LogP contribution in [0, 0.1) is 5.82 Å². The highest BCUT2D eigenvalue weighted by molar-refractivity contribution is 7.90. The van der Waals surface area contributed by atoms with Crippen LogP contribution in [0.5, 0.6) is 0 Å². The fourth-order valence-corrected chi connectivity index (χ4v) is 4.87. The number of para-hydroxylation sites is 1. The molecule has 0 spiro atoms. The number of carbonyl (C=O) groups is 2. The van der Waals surface area contributed by atoms with Gasteiger partial charge in [0.25, 0.3) is 0 Å². The Hall–Kier alpha value is -3.76. The molecule has 0 aliphatic carbocycles. The Morgan fingerprint density at radius 2 is 1.43 bits per heavy atom. The molecule has 0 aromatic heterocycles. The van der Waals surface area contributed by atoms with E-state index in [4.69, 9.17) is 0 Å². The highest BCUT2D eigenvalue weighted by Gasteiger charge is 2.34. The van der Waals surface area contributed by atoms with Gasteiger partial charge in [0.2, 0.25) is 11.8 Å². The maximum Gasteiger partial charge on any atom is 0.304 e. The number of hydrogen-bond donors (Lipinski definition) is 1. The van der Waals surface area contributed by atoms with Crippen molar-refractivity contribution in [1.82, 2.24) is 14.5 Å². The van der Waals surface area contributed by atoms with Crippen molar-refractivity contribution in [1.29, 1.82) is 0 Å². The van der Waals surface area contributed by atoms with Crippen LogP contribution in [0.2, 0.25) is 0 Å². The van der Waals surface area contributed by atoms with Crippen molar-refractivity contribution in [2.24, 2.45) is 0 Å². The largest absolute Gasteiger partial charge is 0.357 e. The molecule has 0 saturated carbocycles. The molecule has 196 valence electrons. The predicted molar refractivity (Wildman–Crippen MR) is 141 cm³/mol. The molecule has 1 atom stereocenters. The summed E-state index contributed by atoms with van der Waals surface area (Å²) in [6.07, 6.45) is 0.208. The Morgan fingerprint density at radius 3 is 1.97 bits per heavy atom. The minimum atomic E-state index is -4.04. The van der Waals surface area contributed by atoms with Gasteiger partial charge in [0.05, 0.1) is 5.69 Å². The van der Waals surface area contributed by atoms with Crippen molar-refractivity contribution in [3.05, 3.63) is 102 Å². The smallest absolute Gasteiger partial charge is 0.304 e. The topological polar surface area (TPSA) is 90.0 Å². The van der Waals surface area contributed by atoms with Crippen LogP contribution in [-0.4, -0.2) is 63.2 Å². The first-order valence-corrected chi connectivity index (χ1v) is 13.1. The molecule has 37 heavy (non-hydrogen) atoms. The van der Waals surface area contributed by atoms with Gasteiger partial charge in [-0.25, -0.2) is 8.70 Å². The molecular formula is C27H31FN4O4S. The van der Waals surface area contributed by atoms with E-state index in [0.717, 1.165) is 14.2 Å². The van der Waals surface area contributed by atoms with Crippen LogP contribution in [0.15, 0.2) is 84.9 Å². The zero-order valence-electron chi connectivity index (χ0n) is 21.0. The predicted octanol–water partition coefficient (Wildman–Crippen LogP) is 2.82. The van der Waals surface area contributed by atoms with Crippen LogP contribution in [0.3, 0.4) is 0 Å². The van der Waals surface area contributed by atoms with Gasteiger partial charge < -0.3 is 10.2 Å². The summed E-state index contributed by atoms with van der Waals surface area (Å²) < 4.78 is 42.0. The summed E-state index contributed by atoms with van der Waals surface area (Å²) in [5.41, 5.74) is 1.73. The van der Waals surface area contributed by atoms with Crippen molar-refractivity contribution in [3.8, 4) is 0 Å². The Kier molecular flexibility index (Phi) is 9.37. The highest BCUT2D eigenvalue weighted by Crippen LogP contribution is 2.21. The van der Waals surface area contributed by atoms with Crippen molar-refractivity contribution in [3.63, 3.8) is 0 Å². The number of nitrogens with zero attached hydrogens (tertiary/aromatic N) is 3. The molecular weight excluding hydrogens is 495 g/mol. The van der Waals surface area contributed by atoms with E-state index in [1.54, 1.807) is 30.3 Å².